The minimum absolute atomic E-state index is 0.0397. The van der Waals surface area contributed by atoms with E-state index < -0.39 is 17.7 Å². The Morgan fingerprint density at radius 1 is 1.47 bits per heavy atom. The van der Waals surface area contributed by atoms with E-state index in [1.807, 2.05) is 0 Å². The van der Waals surface area contributed by atoms with Gasteiger partial charge in [0.2, 0.25) is 0 Å². The van der Waals surface area contributed by atoms with E-state index in [1.165, 1.54) is 12.1 Å². The van der Waals surface area contributed by atoms with Crippen molar-refractivity contribution in [1.29, 1.82) is 0 Å². The quantitative estimate of drug-likeness (QED) is 0.798. The van der Waals surface area contributed by atoms with E-state index >= 15 is 0 Å². The number of carboxylic acid groups (broad SMARTS) is 1. The zero-order valence-corrected chi connectivity index (χ0v) is 9.31. The highest BCUT2D eigenvalue weighted by atomic mass is 19.1. The van der Waals surface area contributed by atoms with Gasteiger partial charge in [-0.1, -0.05) is 0 Å². The third-order valence-corrected chi connectivity index (χ3v) is 2.30. The highest BCUT2D eigenvalue weighted by Crippen LogP contribution is 2.20. The van der Waals surface area contributed by atoms with Gasteiger partial charge in [-0.3, -0.25) is 9.59 Å². The second kappa shape index (κ2) is 5.29. The van der Waals surface area contributed by atoms with Crippen molar-refractivity contribution >= 4 is 17.6 Å². The molecule has 0 unspecified atom stereocenters. The molecule has 6 heteroatoms. The van der Waals surface area contributed by atoms with E-state index in [2.05, 4.69) is 0 Å². The first-order chi connectivity index (χ1) is 7.91. The van der Waals surface area contributed by atoms with Crippen LogP contribution in [0.15, 0.2) is 18.2 Å². The Morgan fingerprint density at radius 3 is 2.65 bits per heavy atom. The number of nitrogens with two attached hydrogens (primary N) is 1. The number of primary amides is 1. The Balaban J connectivity index is 2.96. The second-order valence-corrected chi connectivity index (χ2v) is 3.59. The molecule has 3 N–H and O–H groups in total. The van der Waals surface area contributed by atoms with Gasteiger partial charge in [0, 0.05) is 19.3 Å². The summed E-state index contributed by atoms with van der Waals surface area (Å²) in [5.74, 6) is -2.25. The molecular formula is C11H13FN2O3. The summed E-state index contributed by atoms with van der Waals surface area (Å²) in [6, 6.07) is 3.63. The molecule has 0 saturated carbocycles. The predicted molar refractivity (Wildman–Crippen MR) is 60.4 cm³/mol. The first-order valence-electron chi connectivity index (χ1n) is 4.94. The van der Waals surface area contributed by atoms with Crippen LogP contribution in [0.5, 0.6) is 0 Å². The molecule has 0 bridgehead atoms. The summed E-state index contributed by atoms with van der Waals surface area (Å²) in [4.78, 5) is 23.1. The van der Waals surface area contributed by atoms with Gasteiger partial charge in [0.15, 0.2) is 0 Å². The van der Waals surface area contributed by atoms with Crippen molar-refractivity contribution in [3.05, 3.63) is 29.6 Å². The number of nitrogens with zero attached hydrogens (tertiary/aromatic N) is 1. The lowest BCUT2D eigenvalue weighted by molar-refractivity contribution is -0.136. The van der Waals surface area contributed by atoms with Gasteiger partial charge in [-0.25, -0.2) is 4.39 Å². The van der Waals surface area contributed by atoms with Gasteiger partial charge in [0.1, 0.15) is 5.82 Å². The molecule has 92 valence electrons. The topological polar surface area (TPSA) is 83.6 Å². The Morgan fingerprint density at radius 2 is 2.12 bits per heavy atom. The van der Waals surface area contributed by atoms with Crippen molar-refractivity contribution in [3.8, 4) is 0 Å². The largest absolute Gasteiger partial charge is 0.481 e. The van der Waals surface area contributed by atoms with Crippen molar-refractivity contribution in [1.82, 2.24) is 0 Å². The monoisotopic (exact) mass is 240 g/mol. The zero-order valence-electron chi connectivity index (χ0n) is 9.31. The van der Waals surface area contributed by atoms with Gasteiger partial charge in [-0.2, -0.15) is 0 Å². The van der Waals surface area contributed by atoms with E-state index in [9.17, 15) is 14.0 Å². The Bertz CT molecular complexity index is 448. The van der Waals surface area contributed by atoms with E-state index in [0.29, 0.717) is 5.69 Å². The van der Waals surface area contributed by atoms with E-state index in [-0.39, 0.29) is 18.5 Å². The number of amides is 1. The highest BCUT2D eigenvalue weighted by Gasteiger charge is 2.13. The van der Waals surface area contributed by atoms with Crippen LogP contribution in [-0.2, 0) is 4.79 Å². The van der Waals surface area contributed by atoms with Gasteiger partial charge in [0.25, 0.3) is 5.91 Å². The summed E-state index contributed by atoms with van der Waals surface area (Å²) in [5, 5.41) is 8.55. The van der Waals surface area contributed by atoms with Crippen molar-refractivity contribution in [3.63, 3.8) is 0 Å². The van der Waals surface area contributed by atoms with Crippen LogP contribution in [0.4, 0.5) is 10.1 Å². The maximum atomic E-state index is 13.0. The lowest BCUT2D eigenvalue weighted by Gasteiger charge is -2.20. The Labute approximate surface area is 97.6 Å². The number of carbonyl (C=O) groups excluding carboxylic acids is 1. The van der Waals surface area contributed by atoms with Gasteiger partial charge >= 0.3 is 5.97 Å². The molecule has 0 aliphatic carbocycles. The van der Waals surface area contributed by atoms with Gasteiger partial charge in [-0.05, 0) is 18.2 Å². The molecule has 1 amide bonds. The molecule has 0 spiro atoms. The third-order valence-electron chi connectivity index (χ3n) is 2.30. The van der Waals surface area contributed by atoms with Crippen LogP contribution in [0.2, 0.25) is 0 Å². The molecule has 1 rings (SSSR count). The van der Waals surface area contributed by atoms with Crippen LogP contribution in [0.25, 0.3) is 0 Å². The number of benzene rings is 1. The van der Waals surface area contributed by atoms with Crippen molar-refractivity contribution < 1.29 is 19.1 Å². The molecule has 1 aromatic rings. The molecule has 17 heavy (non-hydrogen) atoms. The van der Waals surface area contributed by atoms with E-state index in [1.54, 1.807) is 11.9 Å². The molecule has 0 heterocycles. The summed E-state index contributed by atoms with van der Waals surface area (Å²) in [7, 11) is 1.61. The summed E-state index contributed by atoms with van der Waals surface area (Å²) in [5.41, 5.74) is 5.59. The lowest BCUT2D eigenvalue weighted by atomic mass is 10.1. The fraction of sp³-hybridized carbons (Fsp3) is 0.273. The smallest absolute Gasteiger partial charge is 0.305 e. The molecule has 1 aromatic carbocycles. The van der Waals surface area contributed by atoms with E-state index in [0.717, 1.165) is 6.07 Å². The zero-order chi connectivity index (χ0) is 13.0. The van der Waals surface area contributed by atoms with Crippen LogP contribution in [-0.4, -0.2) is 30.6 Å². The maximum absolute atomic E-state index is 13.0. The minimum Gasteiger partial charge on any atom is -0.481 e. The second-order valence-electron chi connectivity index (χ2n) is 3.59. The number of hydrogen-bond donors (Lipinski definition) is 2. The van der Waals surface area contributed by atoms with Gasteiger partial charge < -0.3 is 15.7 Å². The summed E-state index contributed by atoms with van der Waals surface area (Å²) < 4.78 is 13.0. The molecule has 0 fully saturated rings. The molecule has 0 saturated heterocycles. The predicted octanol–water partition coefficient (Wildman–Crippen LogP) is 0.835. The van der Waals surface area contributed by atoms with Crippen molar-refractivity contribution in [2.24, 2.45) is 5.73 Å². The normalized spacial score (nSPS) is 10.0. The van der Waals surface area contributed by atoms with Crippen LogP contribution in [0.3, 0.4) is 0 Å². The summed E-state index contributed by atoms with van der Waals surface area (Å²) >= 11 is 0. The average Bonchev–Trinajstić information content (AvgIpc) is 2.25. The van der Waals surface area contributed by atoms with Crippen molar-refractivity contribution in [2.45, 2.75) is 6.42 Å². The first-order valence-corrected chi connectivity index (χ1v) is 4.94. The van der Waals surface area contributed by atoms with Gasteiger partial charge in [-0.15, -0.1) is 0 Å². The number of carbonyl (C=O) groups is 2. The molecular weight excluding hydrogens is 227 g/mol. The number of rotatable bonds is 5. The van der Waals surface area contributed by atoms with Gasteiger partial charge in [0.05, 0.1) is 12.0 Å². The summed E-state index contributed by atoms with van der Waals surface area (Å²) in [6.45, 7) is 0.210. The van der Waals surface area contributed by atoms with Crippen LogP contribution < -0.4 is 10.6 Å². The number of halogens is 1. The molecule has 5 nitrogen and oxygen atoms in total. The van der Waals surface area contributed by atoms with Crippen LogP contribution >= 0.6 is 0 Å². The highest BCUT2D eigenvalue weighted by molar-refractivity contribution is 5.98. The molecule has 0 aliphatic heterocycles. The van der Waals surface area contributed by atoms with E-state index in [4.69, 9.17) is 10.8 Å². The fourth-order valence-electron chi connectivity index (χ4n) is 1.42. The molecule has 0 aliphatic rings. The standard InChI is InChI=1S/C11H13FN2O3/c1-14(5-4-10(15)16)9-3-2-7(12)6-8(9)11(13)17/h2-3,6H,4-5H2,1H3,(H2,13,17)(H,15,16). The summed E-state index contributed by atoms with van der Waals surface area (Å²) in [6.07, 6.45) is -0.0773. The molecule has 0 radical (unpaired) electrons. The van der Waals surface area contributed by atoms with Crippen molar-refractivity contribution in [2.75, 3.05) is 18.5 Å². The first kappa shape index (κ1) is 13.0. The molecule has 0 aromatic heterocycles. The third kappa shape index (κ3) is 3.44. The Hall–Kier alpha value is -2.11. The van der Waals surface area contributed by atoms with Crippen LogP contribution in [0.1, 0.15) is 16.8 Å². The fourth-order valence-corrected chi connectivity index (χ4v) is 1.42. The number of carboxylic acids is 1. The molecule has 0 atom stereocenters. The number of anilines is 1. The SMILES string of the molecule is CN(CCC(=O)O)c1ccc(F)cc1C(N)=O. The Kier molecular flexibility index (Phi) is 4.03. The number of aliphatic carboxylic acids is 1. The average molecular weight is 240 g/mol. The maximum Gasteiger partial charge on any atom is 0.305 e. The minimum atomic E-state index is -0.945. The number of hydrogen-bond acceptors (Lipinski definition) is 3. The van der Waals surface area contributed by atoms with Crippen LogP contribution in [0, 0.1) is 5.82 Å². The lowest BCUT2D eigenvalue weighted by Crippen LogP contribution is -2.25.